The maximum atomic E-state index is 12.9. The Balaban J connectivity index is 1.85. The summed E-state index contributed by atoms with van der Waals surface area (Å²) >= 11 is 0. The molecular formula is C20H23N5O3. The highest BCUT2D eigenvalue weighted by atomic mass is 16.2. The molecule has 3 aromatic rings. The van der Waals surface area contributed by atoms with Crippen molar-refractivity contribution < 1.29 is 4.79 Å². The van der Waals surface area contributed by atoms with E-state index in [1.165, 1.54) is 4.57 Å². The van der Waals surface area contributed by atoms with E-state index in [0.29, 0.717) is 17.2 Å². The number of aromatic nitrogens is 4. The zero-order chi connectivity index (χ0) is 19.8. The van der Waals surface area contributed by atoms with Gasteiger partial charge in [-0.3, -0.25) is 23.7 Å². The Morgan fingerprint density at radius 3 is 2.46 bits per heavy atom. The number of hydrogen-bond acceptors (Lipinski definition) is 5. The molecule has 1 aromatic carbocycles. The summed E-state index contributed by atoms with van der Waals surface area (Å²) in [5.74, 6) is 0.465. The molecule has 28 heavy (non-hydrogen) atoms. The maximum absolute atomic E-state index is 12.9. The number of ketones is 1. The topological polar surface area (TPSA) is 93.0 Å². The molecule has 1 saturated heterocycles. The molecule has 0 saturated carbocycles. The summed E-state index contributed by atoms with van der Waals surface area (Å²) in [6.07, 6.45) is 3.22. The van der Waals surface area contributed by atoms with Crippen molar-refractivity contribution in [1.82, 2.24) is 19.1 Å². The van der Waals surface area contributed by atoms with Crippen molar-refractivity contribution in [2.75, 3.05) is 18.0 Å². The number of aromatic amines is 1. The first-order chi connectivity index (χ1) is 13.5. The van der Waals surface area contributed by atoms with Crippen LogP contribution in [-0.2, 0) is 13.6 Å². The molecule has 4 rings (SSSR count). The Morgan fingerprint density at radius 2 is 1.79 bits per heavy atom. The summed E-state index contributed by atoms with van der Waals surface area (Å²) in [6.45, 7) is 3.58. The van der Waals surface area contributed by atoms with Crippen LogP contribution >= 0.6 is 0 Å². The molecule has 1 aliphatic rings. The molecule has 0 bridgehead atoms. The molecule has 1 N–H and O–H groups in total. The Hall–Kier alpha value is -3.16. The highest BCUT2D eigenvalue weighted by Crippen LogP contribution is 2.23. The second kappa shape index (κ2) is 7.10. The van der Waals surface area contributed by atoms with E-state index < -0.39 is 11.2 Å². The SMILES string of the molecule is Cc1ccc(C(=O)Cn2c(N3CCCCC3)nc3c2c(=O)[nH]c(=O)n3C)cc1. The fourth-order valence-electron chi connectivity index (χ4n) is 3.68. The summed E-state index contributed by atoms with van der Waals surface area (Å²) in [5, 5.41) is 0. The van der Waals surface area contributed by atoms with Crippen LogP contribution in [0.15, 0.2) is 33.9 Å². The monoisotopic (exact) mass is 381 g/mol. The first-order valence-electron chi connectivity index (χ1n) is 9.50. The normalized spacial score (nSPS) is 14.6. The van der Waals surface area contributed by atoms with Crippen molar-refractivity contribution in [3.05, 3.63) is 56.2 Å². The minimum absolute atomic E-state index is 0.00726. The number of nitrogens with zero attached hydrogens (tertiary/aromatic N) is 4. The fourth-order valence-corrected chi connectivity index (χ4v) is 3.68. The molecule has 0 radical (unpaired) electrons. The lowest BCUT2D eigenvalue weighted by Gasteiger charge is -2.28. The summed E-state index contributed by atoms with van der Waals surface area (Å²) in [7, 11) is 1.57. The molecule has 8 nitrogen and oxygen atoms in total. The average Bonchev–Trinajstić information content (AvgIpc) is 3.07. The predicted octanol–water partition coefficient (Wildman–Crippen LogP) is 1.60. The maximum Gasteiger partial charge on any atom is 0.329 e. The third-order valence-electron chi connectivity index (χ3n) is 5.30. The van der Waals surface area contributed by atoms with Crippen molar-refractivity contribution in [2.24, 2.45) is 7.05 Å². The van der Waals surface area contributed by atoms with Gasteiger partial charge < -0.3 is 4.90 Å². The van der Waals surface area contributed by atoms with Gasteiger partial charge in [-0.25, -0.2) is 4.79 Å². The Bertz CT molecular complexity index is 1150. The second-order valence-electron chi connectivity index (χ2n) is 7.33. The van der Waals surface area contributed by atoms with Crippen LogP contribution in [0.2, 0.25) is 0 Å². The van der Waals surface area contributed by atoms with Crippen molar-refractivity contribution >= 4 is 22.9 Å². The highest BCUT2D eigenvalue weighted by molar-refractivity contribution is 5.97. The Labute approximate surface area is 161 Å². The third-order valence-corrected chi connectivity index (χ3v) is 5.30. The van der Waals surface area contributed by atoms with Gasteiger partial charge in [-0.05, 0) is 26.2 Å². The van der Waals surface area contributed by atoms with Crippen LogP contribution < -0.4 is 16.1 Å². The number of rotatable bonds is 4. The van der Waals surface area contributed by atoms with Crippen molar-refractivity contribution in [3.8, 4) is 0 Å². The third kappa shape index (κ3) is 3.15. The van der Waals surface area contributed by atoms with Crippen LogP contribution in [0.5, 0.6) is 0 Å². The van der Waals surface area contributed by atoms with E-state index >= 15 is 0 Å². The number of piperidine rings is 1. The number of benzene rings is 1. The zero-order valence-corrected chi connectivity index (χ0v) is 16.1. The van der Waals surface area contributed by atoms with Gasteiger partial charge in [-0.2, -0.15) is 4.98 Å². The molecule has 146 valence electrons. The van der Waals surface area contributed by atoms with Gasteiger partial charge in [-0.1, -0.05) is 29.8 Å². The number of aryl methyl sites for hydroxylation is 2. The Morgan fingerprint density at radius 1 is 1.11 bits per heavy atom. The quantitative estimate of drug-likeness (QED) is 0.693. The van der Waals surface area contributed by atoms with Gasteiger partial charge in [0.1, 0.15) is 0 Å². The smallest absolute Gasteiger partial charge is 0.329 e. The lowest BCUT2D eigenvalue weighted by atomic mass is 10.1. The van der Waals surface area contributed by atoms with Crippen molar-refractivity contribution in [1.29, 1.82) is 0 Å². The number of hydrogen-bond donors (Lipinski definition) is 1. The van der Waals surface area contributed by atoms with Gasteiger partial charge in [0.05, 0.1) is 6.54 Å². The second-order valence-corrected chi connectivity index (χ2v) is 7.33. The summed E-state index contributed by atoms with van der Waals surface area (Å²) in [4.78, 5) is 46.5. The first kappa shape index (κ1) is 18.2. The van der Waals surface area contributed by atoms with Crippen LogP contribution in [0.1, 0.15) is 35.2 Å². The van der Waals surface area contributed by atoms with E-state index in [-0.39, 0.29) is 17.8 Å². The average molecular weight is 381 g/mol. The minimum Gasteiger partial charge on any atom is -0.342 e. The van der Waals surface area contributed by atoms with Crippen molar-refractivity contribution in [2.45, 2.75) is 32.7 Å². The summed E-state index contributed by atoms with van der Waals surface area (Å²) < 4.78 is 2.97. The Kier molecular flexibility index (Phi) is 4.62. The van der Waals surface area contributed by atoms with Crippen LogP contribution in [0, 0.1) is 6.92 Å². The van der Waals surface area contributed by atoms with Gasteiger partial charge in [0.15, 0.2) is 16.9 Å². The standard InChI is InChI=1S/C20H23N5O3/c1-13-6-8-14(9-7-13)15(26)12-25-16-17(23(2)20(28)22-18(16)27)21-19(25)24-10-4-3-5-11-24/h6-9H,3-5,10-12H2,1-2H3,(H,22,27,28). The predicted molar refractivity (Wildman–Crippen MR) is 107 cm³/mol. The van der Waals surface area contributed by atoms with E-state index in [1.54, 1.807) is 23.7 Å². The number of carbonyl (C=O) groups excluding carboxylic acids is 1. The molecule has 0 aliphatic carbocycles. The van der Waals surface area contributed by atoms with Gasteiger partial charge in [0, 0.05) is 25.7 Å². The van der Waals surface area contributed by atoms with E-state index in [0.717, 1.165) is 37.9 Å². The molecule has 2 aromatic heterocycles. The molecule has 0 spiro atoms. The molecule has 0 amide bonds. The molecule has 8 heteroatoms. The number of anilines is 1. The lowest BCUT2D eigenvalue weighted by Crippen LogP contribution is -2.33. The molecular weight excluding hydrogens is 358 g/mol. The lowest BCUT2D eigenvalue weighted by molar-refractivity contribution is 0.0973. The molecule has 0 unspecified atom stereocenters. The van der Waals surface area contributed by atoms with Crippen LogP contribution in [0.25, 0.3) is 11.2 Å². The molecule has 3 heterocycles. The van der Waals surface area contributed by atoms with Crippen LogP contribution in [-0.4, -0.2) is 38.0 Å². The van der Waals surface area contributed by atoms with E-state index in [9.17, 15) is 14.4 Å². The number of H-pyrrole nitrogens is 1. The number of nitrogens with one attached hydrogen (secondary N) is 1. The van der Waals surface area contributed by atoms with Gasteiger partial charge >= 0.3 is 5.69 Å². The van der Waals surface area contributed by atoms with Crippen LogP contribution in [0.3, 0.4) is 0 Å². The number of fused-ring (bicyclic) bond motifs is 1. The number of carbonyl (C=O) groups is 1. The van der Waals surface area contributed by atoms with Gasteiger partial charge in [0.25, 0.3) is 5.56 Å². The van der Waals surface area contributed by atoms with E-state index in [1.807, 2.05) is 19.1 Å². The molecule has 1 aliphatic heterocycles. The summed E-state index contributed by atoms with van der Waals surface area (Å²) in [5.41, 5.74) is 1.17. The number of imidazole rings is 1. The van der Waals surface area contributed by atoms with Gasteiger partial charge in [-0.15, -0.1) is 0 Å². The van der Waals surface area contributed by atoms with Gasteiger partial charge in [0.2, 0.25) is 5.95 Å². The zero-order valence-electron chi connectivity index (χ0n) is 16.1. The summed E-state index contributed by atoms with van der Waals surface area (Å²) in [6, 6.07) is 7.36. The highest BCUT2D eigenvalue weighted by Gasteiger charge is 2.24. The largest absolute Gasteiger partial charge is 0.342 e. The van der Waals surface area contributed by atoms with Crippen molar-refractivity contribution in [3.63, 3.8) is 0 Å². The molecule has 1 fully saturated rings. The number of Topliss-reactive ketones (excluding diaryl/α,β-unsaturated/α-hetero) is 1. The molecule has 0 atom stereocenters. The van der Waals surface area contributed by atoms with Crippen LogP contribution in [0.4, 0.5) is 5.95 Å². The first-order valence-corrected chi connectivity index (χ1v) is 9.50. The minimum atomic E-state index is -0.523. The van der Waals surface area contributed by atoms with E-state index in [4.69, 9.17) is 0 Å². The van der Waals surface area contributed by atoms with E-state index in [2.05, 4.69) is 14.9 Å². The fraction of sp³-hybridized carbons (Fsp3) is 0.400.